The van der Waals surface area contributed by atoms with Gasteiger partial charge >= 0.3 is 0 Å². The molecule has 9 nitrogen and oxygen atoms in total. The van der Waals surface area contributed by atoms with Gasteiger partial charge in [0.15, 0.2) is 11.4 Å². The number of aromatic nitrogens is 4. The Morgan fingerprint density at radius 3 is 3.15 bits per heavy atom. The number of aliphatic hydroxyl groups is 1. The van der Waals surface area contributed by atoms with Gasteiger partial charge in [-0.15, -0.1) is 11.3 Å². The summed E-state index contributed by atoms with van der Waals surface area (Å²) in [6.45, 7) is 2.56. The maximum absolute atomic E-state index is 10.3. The largest absolute Gasteiger partial charge is 0.379 e. The van der Waals surface area contributed by atoms with E-state index >= 15 is 0 Å². The molecular weight excluding hydrogens is 374 g/mol. The molecule has 1 fully saturated rings. The van der Waals surface area contributed by atoms with Gasteiger partial charge < -0.3 is 20.9 Å². The van der Waals surface area contributed by atoms with E-state index in [4.69, 9.17) is 15.5 Å². The van der Waals surface area contributed by atoms with Crippen molar-refractivity contribution in [3.05, 3.63) is 22.3 Å². The van der Waals surface area contributed by atoms with Crippen molar-refractivity contribution in [2.24, 2.45) is 23.7 Å². The van der Waals surface area contributed by atoms with Crippen molar-refractivity contribution in [1.82, 2.24) is 20.0 Å². The molecule has 0 amide bonds. The number of aryl methyl sites for hydroxylation is 1. The SMILES string of the molecule is C[C@H]1CC2CSC(N)=N[C@@]2(c2nc(NC(O)c3cnn(C)n3)cs2)CO1. The fourth-order valence-corrected chi connectivity index (χ4v) is 5.30. The average Bonchev–Trinajstić information content (AvgIpc) is 3.24. The van der Waals surface area contributed by atoms with E-state index < -0.39 is 11.8 Å². The molecule has 2 aliphatic heterocycles. The van der Waals surface area contributed by atoms with Crippen molar-refractivity contribution in [1.29, 1.82) is 0 Å². The van der Waals surface area contributed by atoms with Crippen LogP contribution in [-0.4, -0.2) is 48.7 Å². The predicted molar refractivity (Wildman–Crippen MR) is 101 cm³/mol. The van der Waals surface area contributed by atoms with Crippen LogP contribution in [0.4, 0.5) is 5.82 Å². The first-order valence-corrected chi connectivity index (χ1v) is 10.2. The van der Waals surface area contributed by atoms with Crippen LogP contribution in [0, 0.1) is 5.92 Å². The summed E-state index contributed by atoms with van der Waals surface area (Å²) in [6.07, 6.45) is 1.66. The summed E-state index contributed by atoms with van der Waals surface area (Å²) >= 11 is 3.09. The zero-order chi connectivity index (χ0) is 18.3. The van der Waals surface area contributed by atoms with Gasteiger partial charge in [-0.3, -0.25) is 0 Å². The summed E-state index contributed by atoms with van der Waals surface area (Å²) < 4.78 is 5.92. The fraction of sp³-hybridized carbons (Fsp3) is 0.600. The molecule has 11 heteroatoms. The number of nitrogens with one attached hydrogen (secondary N) is 1. The highest BCUT2D eigenvalue weighted by atomic mass is 32.2. The van der Waals surface area contributed by atoms with Gasteiger partial charge in [-0.25, -0.2) is 9.98 Å². The Bertz CT molecular complexity index is 823. The zero-order valence-corrected chi connectivity index (χ0v) is 16.1. The Hall–Kier alpha value is -1.69. The molecule has 140 valence electrons. The highest BCUT2D eigenvalue weighted by Crippen LogP contribution is 2.47. The molecule has 0 aliphatic carbocycles. The molecule has 2 aliphatic rings. The summed E-state index contributed by atoms with van der Waals surface area (Å²) in [5.41, 5.74) is 5.92. The second kappa shape index (κ2) is 6.80. The van der Waals surface area contributed by atoms with E-state index in [1.165, 1.54) is 22.3 Å². The van der Waals surface area contributed by atoms with Crippen molar-refractivity contribution in [3.63, 3.8) is 0 Å². The van der Waals surface area contributed by atoms with Gasteiger partial charge in [0.1, 0.15) is 22.1 Å². The van der Waals surface area contributed by atoms with Crippen LogP contribution in [0.15, 0.2) is 16.6 Å². The molecule has 0 aromatic carbocycles. The van der Waals surface area contributed by atoms with E-state index in [-0.39, 0.29) is 6.10 Å². The molecule has 26 heavy (non-hydrogen) atoms. The van der Waals surface area contributed by atoms with Crippen LogP contribution < -0.4 is 11.1 Å². The molecule has 1 saturated heterocycles. The molecular formula is C15H21N7O2S2. The number of amidine groups is 1. The van der Waals surface area contributed by atoms with Gasteiger partial charge in [-0.1, -0.05) is 11.8 Å². The summed E-state index contributed by atoms with van der Waals surface area (Å²) in [6, 6.07) is 0. The first-order chi connectivity index (χ1) is 12.5. The van der Waals surface area contributed by atoms with Crippen LogP contribution in [-0.2, 0) is 17.3 Å². The lowest BCUT2D eigenvalue weighted by molar-refractivity contribution is -0.0466. The van der Waals surface area contributed by atoms with Crippen LogP contribution in [0.5, 0.6) is 0 Å². The first kappa shape index (κ1) is 17.7. The number of anilines is 1. The zero-order valence-electron chi connectivity index (χ0n) is 14.5. The topological polar surface area (TPSA) is 123 Å². The molecule has 2 aromatic rings. The number of thiazole rings is 1. The second-order valence-electron chi connectivity index (χ2n) is 6.58. The molecule has 0 radical (unpaired) electrons. The number of thioether (sulfide) groups is 1. The van der Waals surface area contributed by atoms with Gasteiger partial charge in [0.2, 0.25) is 0 Å². The molecule has 4 heterocycles. The van der Waals surface area contributed by atoms with E-state index in [0.29, 0.717) is 29.2 Å². The lowest BCUT2D eigenvalue weighted by Crippen LogP contribution is -2.49. The number of nitrogens with zero attached hydrogens (tertiary/aromatic N) is 5. The first-order valence-electron chi connectivity index (χ1n) is 8.33. The average molecular weight is 396 g/mol. The van der Waals surface area contributed by atoms with Crippen LogP contribution >= 0.6 is 23.1 Å². The maximum atomic E-state index is 10.3. The van der Waals surface area contributed by atoms with Crippen molar-refractivity contribution in [2.75, 3.05) is 17.7 Å². The van der Waals surface area contributed by atoms with Crippen LogP contribution in [0.3, 0.4) is 0 Å². The molecule has 0 bridgehead atoms. The Morgan fingerprint density at radius 1 is 1.54 bits per heavy atom. The minimum absolute atomic E-state index is 0.208. The number of hydrogen-bond acceptors (Lipinski definition) is 10. The number of aliphatic hydroxyl groups excluding tert-OH is 1. The Balaban J connectivity index is 1.58. The number of hydrogen-bond donors (Lipinski definition) is 3. The maximum Gasteiger partial charge on any atom is 0.172 e. The minimum Gasteiger partial charge on any atom is -0.379 e. The van der Waals surface area contributed by atoms with E-state index in [2.05, 4.69) is 27.4 Å². The van der Waals surface area contributed by atoms with E-state index in [1.807, 2.05) is 5.38 Å². The number of aliphatic imine (C=N–C) groups is 1. The summed E-state index contributed by atoms with van der Waals surface area (Å²) in [4.78, 5) is 10.8. The number of nitrogens with two attached hydrogens (primary N) is 1. The molecule has 0 spiro atoms. The smallest absolute Gasteiger partial charge is 0.172 e. The van der Waals surface area contributed by atoms with Gasteiger partial charge in [-0.2, -0.15) is 15.0 Å². The fourth-order valence-electron chi connectivity index (χ4n) is 3.32. The molecule has 4 rings (SSSR count). The quantitative estimate of drug-likeness (QED) is 0.657. The lowest BCUT2D eigenvalue weighted by Gasteiger charge is -2.44. The Labute approximate surface area is 159 Å². The molecule has 2 aromatic heterocycles. The standard InChI is InChI=1S/C15H21N7O2S2/c1-8-3-9-5-26-14(16)20-15(9,7-24-8)13-19-11(6-25-13)18-12(23)10-4-17-22(2)21-10/h4,6,8-9,12,18,23H,3,5,7H2,1-2H3,(H2,16,20)/t8-,9?,12?,15-/m0/s1. The van der Waals surface area contributed by atoms with Crippen molar-refractivity contribution in [2.45, 2.75) is 31.2 Å². The summed E-state index contributed by atoms with van der Waals surface area (Å²) in [5.74, 6) is 1.81. The number of rotatable bonds is 4. The third-order valence-electron chi connectivity index (χ3n) is 4.68. The van der Waals surface area contributed by atoms with Crippen LogP contribution in [0.2, 0.25) is 0 Å². The minimum atomic E-state index is -0.981. The molecule has 2 unspecified atom stereocenters. The number of ether oxygens (including phenoxy) is 1. The highest BCUT2D eigenvalue weighted by Gasteiger charge is 2.49. The highest BCUT2D eigenvalue weighted by molar-refractivity contribution is 8.13. The predicted octanol–water partition coefficient (Wildman–Crippen LogP) is 1.06. The van der Waals surface area contributed by atoms with E-state index in [0.717, 1.165) is 17.2 Å². The van der Waals surface area contributed by atoms with Gasteiger partial charge in [0.05, 0.1) is 18.9 Å². The van der Waals surface area contributed by atoms with Crippen molar-refractivity contribution < 1.29 is 9.84 Å². The van der Waals surface area contributed by atoms with Crippen LogP contribution in [0.1, 0.15) is 30.3 Å². The second-order valence-corrected chi connectivity index (χ2v) is 8.48. The van der Waals surface area contributed by atoms with Gasteiger partial charge in [0.25, 0.3) is 0 Å². The third kappa shape index (κ3) is 3.20. The van der Waals surface area contributed by atoms with E-state index in [9.17, 15) is 5.11 Å². The normalized spacial score (nSPS) is 29.7. The number of fused-ring (bicyclic) bond motifs is 1. The van der Waals surface area contributed by atoms with E-state index in [1.54, 1.807) is 18.8 Å². The Kier molecular flexibility index (Phi) is 4.63. The molecule has 4 atom stereocenters. The third-order valence-corrected chi connectivity index (χ3v) is 6.64. The van der Waals surface area contributed by atoms with Gasteiger partial charge in [0, 0.05) is 24.1 Å². The van der Waals surface area contributed by atoms with Crippen molar-refractivity contribution >= 4 is 34.1 Å². The van der Waals surface area contributed by atoms with Gasteiger partial charge in [-0.05, 0) is 13.3 Å². The lowest BCUT2D eigenvalue weighted by atomic mass is 9.80. The molecule has 0 saturated carbocycles. The van der Waals surface area contributed by atoms with Crippen molar-refractivity contribution in [3.8, 4) is 0 Å². The van der Waals surface area contributed by atoms with Crippen LogP contribution in [0.25, 0.3) is 0 Å². The Morgan fingerprint density at radius 2 is 2.38 bits per heavy atom. The summed E-state index contributed by atoms with van der Waals surface area (Å²) in [5, 5.41) is 24.6. The summed E-state index contributed by atoms with van der Waals surface area (Å²) in [7, 11) is 1.70. The molecule has 4 N–H and O–H groups in total. The monoisotopic (exact) mass is 395 g/mol.